The second-order valence-electron chi connectivity index (χ2n) is 11.4. The third kappa shape index (κ3) is 7.34. The predicted octanol–water partition coefficient (Wildman–Crippen LogP) is 6.00. The fourth-order valence-corrected chi connectivity index (χ4v) is 4.72. The van der Waals surface area contributed by atoms with Crippen LogP contribution in [0.3, 0.4) is 0 Å². The minimum Gasteiger partial charge on any atom is -0.320 e. The highest BCUT2D eigenvalue weighted by atomic mass is 16.1. The standard InChI is InChI=1S/C34H38N2O2/c1-35(2,25-27-15-19-31(20-16-27)33(37)29-11-7-5-8-12-29)23-24-36(3,4)26-28-17-21-32(22-18-28)34(38)30-13-9-6-10-14-30/h5-22H,23-26H2,1-4H3/q+2. The molecule has 0 unspecified atom stereocenters. The van der Waals surface area contributed by atoms with Crippen molar-refractivity contribution in [1.29, 1.82) is 0 Å². The molecular weight excluding hydrogens is 468 g/mol. The number of ketones is 2. The fourth-order valence-electron chi connectivity index (χ4n) is 4.72. The third-order valence-electron chi connectivity index (χ3n) is 7.04. The molecule has 0 aromatic heterocycles. The normalized spacial score (nSPS) is 11.8. The van der Waals surface area contributed by atoms with E-state index in [1.807, 2.05) is 84.9 Å². The second kappa shape index (κ2) is 11.7. The van der Waals surface area contributed by atoms with Crippen LogP contribution in [0.15, 0.2) is 109 Å². The molecule has 4 nitrogen and oxygen atoms in total. The summed E-state index contributed by atoms with van der Waals surface area (Å²) in [5.74, 6) is 0.116. The number of quaternary nitrogens is 2. The average molecular weight is 507 g/mol. The van der Waals surface area contributed by atoms with Crippen molar-refractivity contribution in [2.45, 2.75) is 13.1 Å². The van der Waals surface area contributed by atoms with E-state index in [-0.39, 0.29) is 11.6 Å². The number of carbonyl (C=O) groups excluding carboxylic acids is 2. The van der Waals surface area contributed by atoms with E-state index in [9.17, 15) is 9.59 Å². The van der Waals surface area contributed by atoms with Gasteiger partial charge in [-0.05, 0) is 0 Å². The Hall–Kier alpha value is -3.86. The Balaban J connectivity index is 1.31. The first-order valence-corrected chi connectivity index (χ1v) is 13.1. The Morgan fingerprint density at radius 1 is 0.447 bits per heavy atom. The van der Waals surface area contributed by atoms with E-state index in [2.05, 4.69) is 52.5 Å². The van der Waals surface area contributed by atoms with Gasteiger partial charge in [-0.3, -0.25) is 9.59 Å². The van der Waals surface area contributed by atoms with Crippen molar-refractivity contribution in [2.24, 2.45) is 0 Å². The zero-order valence-corrected chi connectivity index (χ0v) is 22.9. The van der Waals surface area contributed by atoms with Gasteiger partial charge in [0.05, 0.1) is 28.2 Å². The highest BCUT2D eigenvalue weighted by molar-refractivity contribution is 6.09. The number of benzene rings is 4. The van der Waals surface area contributed by atoms with Crippen LogP contribution < -0.4 is 0 Å². The summed E-state index contributed by atoms with van der Waals surface area (Å²) in [7, 11) is 9.03. The quantitative estimate of drug-likeness (QED) is 0.185. The van der Waals surface area contributed by atoms with Crippen molar-refractivity contribution in [3.8, 4) is 0 Å². The van der Waals surface area contributed by atoms with Gasteiger partial charge in [0.1, 0.15) is 26.2 Å². The summed E-state index contributed by atoms with van der Waals surface area (Å²) < 4.78 is 1.72. The maximum atomic E-state index is 12.7. The van der Waals surface area contributed by atoms with E-state index in [1.165, 1.54) is 11.1 Å². The van der Waals surface area contributed by atoms with E-state index in [1.54, 1.807) is 0 Å². The summed E-state index contributed by atoms with van der Waals surface area (Å²) in [5.41, 5.74) is 5.33. The van der Waals surface area contributed by atoms with Crippen LogP contribution in [0.25, 0.3) is 0 Å². The Kier molecular flexibility index (Phi) is 8.35. The van der Waals surface area contributed by atoms with E-state index >= 15 is 0 Å². The average Bonchev–Trinajstić information content (AvgIpc) is 2.93. The van der Waals surface area contributed by atoms with Crippen molar-refractivity contribution in [3.63, 3.8) is 0 Å². The van der Waals surface area contributed by atoms with Gasteiger partial charge in [0, 0.05) is 33.4 Å². The molecule has 4 rings (SSSR count). The van der Waals surface area contributed by atoms with Crippen LogP contribution in [-0.2, 0) is 13.1 Å². The molecule has 4 aromatic carbocycles. The van der Waals surface area contributed by atoms with Crippen molar-refractivity contribution in [2.75, 3.05) is 41.3 Å². The number of hydrogen-bond donors (Lipinski definition) is 0. The van der Waals surface area contributed by atoms with Gasteiger partial charge in [-0.2, -0.15) is 0 Å². The van der Waals surface area contributed by atoms with Gasteiger partial charge in [0.15, 0.2) is 11.6 Å². The lowest BCUT2D eigenvalue weighted by Gasteiger charge is -2.36. The van der Waals surface area contributed by atoms with Crippen LogP contribution in [0.5, 0.6) is 0 Å². The Morgan fingerprint density at radius 2 is 0.737 bits per heavy atom. The molecule has 0 saturated carbocycles. The van der Waals surface area contributed by atoms with E-state index in [4.69, 9.17) is 0 Å². The summed E-state index contributed by atoms with van der Waals surface area (Å²) >= 11 is 0. The van der Waals surface area contributed by atoms with Gasteiger partial charge in [-0.15, -0.1) is 0 Å². The molecule has 194 valence electrons. The van der Waals surface area contributed by atoms with E-state index in [0.717, 1.165) is 46.3 Å². The SMILES string of the molecule is C[N+](C)(CC[N+](C)(C)Cc1ccc(C(=O)c2ccccc2)cc1)Cc1ccc(C(=O)c2ccccc2)cc1. The Bertz CT molecular complexity index is 1250. The summed E-state index contributed by atoms with van der Waals surface area (Å²) in [6, 6.07) is 34.9. The van der Waals surface area contributed by atoms with Gasteiger partial charge in [-0.1, -0.05) is 109 Å². The van der Waals surface area contributed by atoms with Crippen LogP contribution in [0.4, 0.5) is 0 Å². The first kappa shape index (κ1) is 27.2. The maximum Gasteiger partial charge on any atom is 0.193 e. The first-order chi connectivity index (χ1) is 18.1. The lowest BCUT2D eigenvalue weighted by molar-refractivity contribution is -0.958. The molecule has 0 saturated heterocycles. The van der Waals surface area contributed by atoms with Gasteiger partial charge in [0.25, 0.3) is 0 Å². The molecule has 38 heavy (non-hydrogen) atoms. The lowest BCUT2D eigenvalue weighted by Crippen LogP contribution is -2.49. The van der Waals surface area contributed by atoms with Crippen LogP contribution in [0.1, 0.15) is 43.0 Å². The number of carbonyl (C=O) groups is 2. The van der Waals surface area contributed by atoms with Gasteiger partial charge < -0.3 is 8.97 Å². The number of hydrogen-bond acceptors (Lipinski definition) is 2. The number of likely N-dealkylation sites (N-methyl/N-ethyl adjacent to an activating group) is 2. The Morgan fingerprint density at radius 3 is 1.05 bits per heavy atom. The molecule has 4 heteroatoms. The summed E-state index contributed by atoms with van der Waals surface area (Å²) in [5, 5.41) is 0. The monoisotopic (exact) mass is 506 g/mol. The van der Waals surface area contributed by atoms with Crippen molar-refractivity contribution >= 4 is 11.6 Å². The maximum absolute atomic E-state index is 12.7. The third-order valence-corrected chi connectivity index (χ3v) is 7.04. The smallest absolute Gasteiger partial charge is 0.193 e. The van der Waals surface area contributed by atoms with Crippen LogP contribution in [-0.4, -0.2) is 61.8 Å². The number of rotatable bonds is 11. The fraction of sp³-hybridized carbons (Fsp3) is 0.235. The van der Waals surface area contributed by atoms with Crippen molar-refractivity contribution < 1.29 is 18.6 Å². The van der Waals surface area contributed by atoms with Crippen LogP contribution >= 0.6 is 0 Å². The summed E-state index contributed by atoms with van der Waals surface area (Å²) in [6.07, 6.45) is 0. The highest BCUT2D eigenvalue weighted by Gasteiger charge is 2.24. The molecule has 4 aromatic rings. The second-order valence-corrected chi connectivity index (χ2v) is 11.4. The Labute approximate surface area is 227 Å². The topological polar surface area (TPSA) is 34.1 Å². The molecule has 0 amide bonds. The van der Waals surface area contributed by atoms with Crippen molar-refractivity contribution in [3.05, 3.63) is 143 Å². The molecule has 0 aliphatic heterocycles. The van der Waals surface area contributed by atoms with Crippen LogP contribution in [0.2, 0.25) is 0 Å². The van der Waals surface area contributed by atoms with Gasteiger partial charge in [0.2, 0.25) is 0 Å². The lowest BCUT2D eigenvalue weighted by atomic mass is 10.0. The van der Waals surface area contributed by atoms with Gasteiger partial charge in [-0.25, -0.2) is 0 Å². The zero-order chi connectivity index (χ0) is 27.2. The molecule has 0 N–H and O–H groups in total. The summed E-state index contributed by atoms with van der Waals surface area (Å²) in [4.78, 5) is 25.4. The van der Waals surface area contributed by atoms with E-state index < -0.39 is 0 Å². The molecule has 0 fully saturated rings. The predicted molar refractivity (Wildman–Crippen MR) is 154 cm³/mol. The minimum absolute atomic E-state index is 0.0578. The molecule has 0 aliphatic carbocycles. The highest BCUT2D eigenvalue weighted by Crippen LogP contribution is 2.17. The van der Waals surface area contributed by atoms with Crippen molar-refractivity contribution in [1.82, 2.24) is 0 Å². The number of nitrogens with zero attached hydrogens (tertiary/aromatic N) is 2. The molecule has 0 radical (unpaired) electrons. The van der Waals surface area contributed by atoms with Gasteiger partial charge >= 0.3 is 0 Å². The molecule has 0 spiro atoms. The first-order valence-electron chi connectivity index (χ1n) is 13.1. The van der Waals surface area contributed by atoms with E-state index in [0.29, 0.717) is 11.1 Å². The molecule has 0 atom stereocenters. The molecule has 0 bridgehead atoms. The van der Waals surface area contributed by atoms with Crippen LogP contribution in [0, 0.1) is 0 Å². The molecule has 0 aliphatic rings. The molecule has 0 heterocycles. The summed E-state index contributed by atoms with van der Waals surface area (Å²) in [6.45, 7) is 3.83. The largest absolute Gasteiger partial charge is 0.320 e. The zero-order valence-electron chi connectivity index (χ0n) is 22.9. The molecular formula is C34H38N2O2+2. The minimum atomic E-state index is 0.0578.